The first kappa shape index (κ1) is 45.9. The normalized spacial score (nSPS) is 48.6. The number of aromatic nitrogens is 1. The Balaban J connectivity index is 0.993. The molecule has 10 aliphatic rings. The van der Waals surface area contributed by atoms with Crippen LogP contribution in [0.25, 0.3) is 10.9 Å². The molecule has 8 N–H and O–H groups in total. The van der Waals surface area contributed by atoms with E-state index in [-0.39, 0.29) is 42.1 Å². The van der Waals surface area contributed by atoms with E-state index in [9.17, 15) is 30.6 Å². The monoisotopic (exact) mass is 938 g/mol. The molecule has 18 atom stereocenters. The van der Waals surface area contributed by atoms with Gasteiger partial charge in [0.15, 0.2) is 5.78 Å². The highest BCUT2D eigenvalue weighted by atomic mass is 16.6. The molecule has 6 aliphatic carbocycles. The Labute approximate surface area is 398 Å². The van der Waals surface area contributed by atoms with Gasteiger partial charge in [-0.2, -0.15) is 0 Å². The van der Waals surface area contributed by atoms with Crippen molar-refractivity contribution < 1.29 is 54.4 Å². The fourth-order valence-corrected chi connectivity index (χ4v) is 17.8. The van der Waals surface area contributed by atoms with E-state index in [1.54, 1.807) is 7.11 Å². The van der Waals surface area contributed by atoms with Crippen LogP contribution in [-0.2, 0) is 23.8 Å². The number of amides is 1. The van der Waals surface area contributed by atoms with E-state index < -0.39 is 93.4 Å². The summed E-state index contributed by atoms with van der Waals surface area (Å²) in [6.07, 6.45) is 4.79. The number of carbonyl (C=O) groups excluding carboxylic acids is 2. The minimum absolute atomic E-state index is 0.0139. The van der Waals surface area contributed by atoms with Crippen molar-refractivity contribution in [1.29, 1.82) is 0 Å². The first-order valence-corrected chi connectivity index (χ1v) is 25.8. The molecule has 1 spiro atoms. The number of rotatable bonds is 7. The minimum atomic E-state index is -3.01. The highest BCUT2D eigenvalue weighted by molar-refractivity contribution is 6.01. The number of benzene rings is 1. The van der Waals surface area contributed by atoms with E-state index in [1.807, 2.05) is 30.2 Å². The number of ether oxygens (including phenoxy) is 3. The molecule has 68 heavy (non-hydrogen) atoms. The number of aliphatic hydroxyl groups is 6. The lowest BCUT2D eigenvalue weighted by atomic mass is 9.37. The van der Waals surface area contributed by atoms with Gasteiger partial charge in [-0.25, -0.2) is 0 Å². The summed E-state index contributed by atoms with van der Waals surface area (Å²) >= 11 is 0. The maximum Gasteiger partial charge on any atom is 0.240 e. The molecule has 7 bridgehead atoms. The summed E-state index contributed by atoms with van der Waals surface area (Å²) in [5, 5.41) is 81.2. The van der Waals surface area contributed by atoms with Crippen molar-refractivity contribution in [1.82, 2.24) is 15.2 Å². The Morgan fingerprint density at radius 1 is 0.971 bits per heavy atom. The summed E-state index contributed by atoms with van der Waals surface area (Å²) in [4.78, 5) is 35.6. The lowest BCUT2D eigenvalue weighted by molar-refractivity contribution is -0.345. The Morgan fingerprint density at radius 3 is 2.59 bits per heavy atom. The standard InChI is InChI=1S/C54H71N3O11/c1-48-17-14-32(67-23-7-22-66-4)25-37(48)41(59)35-12-11-30-24-39-49(2)19-20-52(48,43(35)53(30,49)63)16-6-8-31-27-57(31)47(61)44-51(18-13-29(26-51)33-9-5-10-38-34(33)15-21-55-38)40-36(28-58)45(54(64,65)50(39,3)62)68-42(40)46(60)56-44/h5,9-10,15,21,29-32,36-37,39-40,42,44-46,55-56,58,60,62-65H,7-8,11-14,17-20,22-28H2,1-4H3/t29-,30+,31+,32-,36+,37-,39-,40+,42-,44-,45-,46+,48-,49+,50-,51+,52-,53+,57?/m0/s1. The van der Waals surface area contributed by atoms with Crippen molar-refractivity contribution in [3.8, 4) is 11.8 Å². The zero-order valence-corrected chi connectivity index (χ0v) is 40.0. The van der Waals surface area contributed by atoms with Crippen molar-refractivity contribution >= 4 is 22.6 Å². The van der Waals surface area contributed by atoms with Crippen molar-refractivity contribution in [2.45, 2.75) is 164 Å². The number of fused-ring (bicyclic) bond motifs is 4. The van der Waals surface area contributed by atoms with Gasteiger partial charge in [0.2, 0.25) is 11.7 Å². The third-order valence-corrected chi connectivity index (χ3v) is 21.3. The third kappa shape index (κ3) is 5.77. The van der Waals surface area contributed by atoms with Crippen LogP contribution in [0.5, 0.6) is 0 Å². The van der Waals surface area contributed by atoms with E-state index in [4.69, 9.17) is 14.2 Å². The summed E-state index contributed by atoms with van der Waals surface area (Å²) < 4.78 is 18.4. The number of ketones is 1. The number of hydrogen-bond donors (Lipinski definition) is 8. The Kier molecular flexibility index (Phi) is 10.4. The summed E-state index contributed by atoms with van der Waals surface area (Å²) in [6.45, 7) is 6.64. The number of allylic oxidation sites excluding steroid dienone is 1. The van der Waals surface area contributed by atoms with Crippen molar-refractivity contribution in [2.75, 3.05) is 33.5 Å². The summed E-state index contributed by atoms with van der Waals surface area (Å²) in [7, 11) is 1.67. The fraction of sp³-hybridized carbons (Fsp3) is 0.741. The highest BCUT2D eigenvalue weighted by Gasteiger charge is 2.80. The maximum atomic E-state index is 15.2. The van der Waals surface area contributed by atoms with Crippen molar-refractivity contribution in [3.05, 3.63) is 47.2 Å². The van der Waals surface area contributed by atoms with Gasteiger partial charge in [0.25, 0.3) is 0 Å². The number of methoxy groups -OCH3 is 1. The number of aromatic amines is 1. The molecule has 1 aromatic carbocycles. The van der Waals surface area contributed by atoms with E-state index >= 15 is 9.59 Å². The van der Waals surface area contributed by atoms with Crippen LogP contribution in [0.1, 0.15) is 116 Å². The van der Waals surface area contributed by atoms with Gasteiger partial charge in [0, 0.05) is 91.5 Å². The molecule has 1 amide bonds. The van der Waals surface area contributed by atoms with E-state index in [0.717, 1.165) is 35.7 Å². The van der Waals surface area contributed by atoms with Crippen molar-refractivity contribution in [3.63, 3.8) is 0 Å². The summed E-state index contributed by atoms with van der Waals surface area (Å²) in [6, 6.07) is 7.20. The fourth-order valence-electron chi connectivity index (χ4n) is 17.8. The van der Waals surface area contributed by atoms with Gasteiger partial charge in [-0.3, -0.25) is 14.9 Å². The Bertz CT molecular complexity index is 2510. The van der Waals surface area contributed by atoms with Gasteiger partial charge in [0.1, 0.15) is 24.0 Å². The molecule has 3 saturated heterocycles. The topological polar surface area (TPSA) is 214 Å². The number of nitrogens with one attached hydrogen (secondary N) is 2. The Morgan fingerprint density at radius 2 is 1.79 bits per heavy atom. The van der Waals surface area contributed by atoms with Gasteiger partial charge in [-0.15, -0.1) is 5.92 Å². The van der Waals surface area contributed by atoms with Crippen molar-refractivity contribution in [2.24, 2.45) is 51.2 Å². The second-order valence-corrected chi connectivity index (χ2v) is 23.8. The predicted octanol–water partition coefficient (Wildman–Crippen LogP) is 3.81. The predicted molar refractivity (Wildman–Crippen MR) is 248 cm³/mol. The number of Topliss-reactive ketones (excluding diaryl/α,β-unsaturated/α-hetero) is 1. The number of aliphatic hydroxyl groups excluding tert-OH is 2. The first-order chi connectivity index (χ1) is 32.4. The maximum absolute atomic E-state index is 15.2. The molecule has 1 aromatic heterocycles. The lowest BCUT2D eigenvalue weighted by Crippen LogP contribution is -2.71. The molecule has 2 aromatic rings. The Hall–Kier alpha value is -3.20. The van der Waals surface area contributed by atoms with Gasteiger partial charge >= 0.3 is 0 Å². The van der Waals surface area contributed by atoms with Crippen LogP contribution in [0.15, 0.2) is 41.6 Å². The molecule has 0 radical (unpaired) electrons. The smallest absolute Gasteiger partial charge is 0.240 e. The lowest BCUT2D eigenvalue weighted by Gasteiger charge is -2.67. The number of piperidine rings is 1. The van der Waals surface area contributed by atoms with Gasteiger partial charge in [-0.1, -0.05) is 31.9 Å². The molecule has 7 fully saturated rings. The molecule has 4 saturated carbocycles. The van der Waals surface area contributed by atoms with E-state index in [2.05, 4.69) is 41.2 Å². The zero-order chi connectivity index (χ0) is 47.6. The van der Waals surface area contributed by atoms with Crippen LogP contribution in [0.3, 0.4) is 0 Å². The number of nitrogens with zero attached hydrogens (tertiary/aromatic N) is 1. The molecule has 14 nitrogen and oxygen atoms in total. The van der Waals surface area contributed by atoms with Gasteiger partial charge in [0.05, 0.1) is 29.2 Å². The second kappa shape index (κ2) is 15.4. The zero-order valence-electron chi connectivity index (χ0n) is 40.0. The average Bonchev–Trinajstić information content (AvgIpc) is 3.66. The SMILES string of the molecule is COCCCO[C@H]1CC[C@@]2(C)[C@@H](C1)C(=O)C1=C3[C@@]24C#CC[C@@H]2CN2C(=O)[C@@H]2N[C@H](O)[C@H]5O[C@@H]([C@H](CO)[C@H]5[C@]25CC[C@H](c2cccc6[nH]ccc26)C5)C(O)(O)[C@@](C)(O)[C@H]2C[C@@H](CC1)[C@]3(O)[C@]2(C)CC4. The molecule has 12 rings (SSSR count). The summed E-state index contributed by atoms with van der Waals surface area (Å²) in [5.74, 6) is 0.976. The molecule has 368 valence electrons. The van der Waals surface area contributed by atoms with Crippen LogP contribution in [0.2, 0.25) is 0 Å². The molecular formula is C54H71N3O11. The quantitative estimate of drug-likeness (QED) is 0.0862. The molecule has 0 unspecified atom stereocenters. The van der Waals surface area contributed by atoms with Crippen LogP contribution in [0, 0.1) is 63.1 Å². The van der Waals surface area contributed by atoms with Crippen LogP contribution in [0.4, 0.5) is 0 Å². The number of H-pyrrole nitrogens is 1. The van der Waals surface area contributed by atoms with Gasteiger partial charge < -0.3 is 54.7 Å². The van der Waals surface area contributed by atoms with E-state index in [0.29, 0.717) is 88.7 Å². The number of hydrogen-bond acceptors (Lipinski definition) is 12. The molecular weight excluding hydrogens is 867 g/mol. The number of carbonyl (C=O) groups is 2. The second-order valence-electron chi connectivity index (χ2n) is 23.8. The van der Waals surface area contributed by atoms with E-state index in [1.165, 1.54) is 6.92 Å². The first-order valence-electron chi connectivity index (χ1n) is 25.8. The minimum Gasteiger partial charge on any atom is -0.396 e. The van der Waals surface area contributed by atoms with Crippen LogP contribution < -0.4 is 5.32 Å². The molecule has 14 heteroatoms. The average molecular weight is 938 g/mol. The molecule has 5 heterocycles. The van der Waals surface area contributed by atoms with Gasteiger partial charge in [-0.05, 0) is 130 Å². The third-order valence-electron chi connectivity index (χ3n) is 21.3. The van der Waals surface area contributed by atoms with Crippen LogP contribution in [-0.4, -0.2) is 139 Å². The summed E-state index contributed by atoms with van der Waals surface area (Å²) in [5.41, 5.74) is -4.06. The highest BCUT2D eigenvalue weighted by Crippen LogP contribution is 2.77. The van der Waals surface area contributed by atoms with Crippen LogP contribution >= 0.6 is 0 Å². The molecule has 4 aliphatic heterocycles. The largest absolute Gasteiger partial charge is 0.396 e.